The van der Waals surface area contributed by atoms with Crippen LogP contribution in [0.4, 0.5) is 10.2 Å². The maximum Gasteiger partial charge on any atom is 0.179 e. The Balaban J connectivity index is 2.23. The minimum absolute atomic E-state index is 0.237. The van der Waals surface area contributed by atoms with Crippen LogP contribution in [0.3, 0.4) is 0 Å². The summed E-state index contributed by atoms with van der Waals surface area (Å²) in [4.78, 5) is 0. The highest BCUT2D eigenvalue weighted by Crippen LogP contribution is 2.38. The Morgan fingerprint density at radius 2 is 1.90 bits per heavy atom. The monoisotopic (exact) mass is 332 g/mol. The molecule has 20 heavy (non-hydrogen) atoms. The zero-order valence-corrected chi connectivity index (χ0v) is 11.9. The quantitative estimate of drug-likeness (QED) is 0.752. The fraction of sp³-hybridized carbons (Fsp3) is 0. The lowest BCUT2D eigenvalue weighted by Crippen LogP contribution is -1.90. The van der Waals surface area contributed by atoms with Crippen molar-refractivity contribution >= 4 is 21.7 Å². The number of aromatic nitrogens is 1. The van der Waals surface area contributed by atoms with Crippen LogP contribution in [-0.2, 0) is 0 Å². The van der Waals surface area contributed by atoms with Gasteiger partial charge in [-0.3, -0.25) is 0 Å². The largest absolute Gasteiger partial charge is 0.380 e. The molecule has 2 aromatic carbocycles. The molecule has 0 bridgehead atoms. The molecule has 0 atom stereocenters. The van der Waals surface area contributed by atoms with Gasteiger partial charge in [0.05, 0.1) is 11.1 Å². The highest BCUT2D eigenvalue weighted by atomic mass is 79.9. The summed E-state index contributed by atoms with van der Waals surface area (Å²) in [6.45, 7) is 0. The van der Waals surface area contributed by atoms with Gasteiger partial charge in [-0.15, -0.1) is 0 Å². The van der Waals surface area contributed by atoms with Crippen LogP contribution in [0.5, 0.6) is 0 Å². The SMILES string of the molecule is Nc1noc(-c2ccccc2F)c1-c1cccc(Br)c1. The van der Waals surface area contributed by atoms with Gasteiger partial charge in [-0.2, -0.15) is 0 Å². The van der Waals surface area contributed by atoms with E-state index >= 15 is 0 Å². The molecule has 0 saturated heterocycles. The minimum atomic E-state index is -0.375. The number of benzene rings is 2. The number of nitrogens with zero attached hydrogens (tertiary/aromatic N) is 1. The molecule has 3 nitrogen and oxygen atoms in total. The van der Waals surface area contributed by atoms with E-state index in [9.17, 15) is 4.39 Å². The van der Waals surface area contributed by atoms with Crippen molar-refractivity contribution < 1.29 is 8.91 Å². The highest BCUT2D eigenvalue weighted by Gasteiger charge is 2.20. The number of halogens is 2. The zero-order valence-electron chi connectivity index (χ0n) is 10.3. The smallest absolute Gasteiger partial charge is 0.179 e. The maximum atomic E-state index is 13.9. The molecule has 2 N–H and O–H groups in total. The number of nitrogens with two attached hydrogens (primary N) is 1. The second kappa shape index (κ2) is 5.09. The molecule has 1 aromatic heterocycles. The number of rotatable bonds is 2. The van der Waals surface area contributed by atoms with E-state index in [1.807, 2.05) is 24.3 Å². The second-order valence-electron chi connectivity index (χ2n) is 4.26. The Morgan fingerprint density at radius 3 is 2.65 bits per heavy atom. The molecular weight excluding hydrogens is 323 g/mol. The summed E-state index contributed by atoms with van der Waals surface area (Å²) in [5, 5.41) is 3.76. The molecule has 0 fully saturated rings. The second-order valence-corrected chi connectivity index (χ2v) is 5.18. The van der Waals surface area contributed by atoms with E-state index in [-0.39, 0.29) is 11.6 Å². The van der Waals surface area contributed by atoms with Gasteiger partial charge in [0.25, 0.3) is 0 Å². The third kappa shape index (κ3) is 2.20. The molecule has 0 amide bonds. The number of hydrogen-bond acceptors (Lipinski definition) is 3. The van der Waals surface area contributed by atoms with Crippen LogP contribution in [0.2, 0.25) is 0 Å². The Kier molecular flexibility index (Phi) is 3.28. The molecular formula is C15H10BrFN2O. The lowest BCUT2D eigenvalue weighted by molar-refractivity contribution is 0.433. The Bertz CT molecular complexity index is 770. The van der Waals surface area contributed by atoms with Gasteiger partial charge in [-0.1, -0.05) is 45.4 Å². The van der Waals surface area contributed by atoms with Crippen molar-refractivity contribution in [2.24, 2.45) is 0 Å². The summed E-state index contributed by atoms with van der Waals surface area (Å²) in [5.74, 6) is 0.194. The molecule has 0 saturated carbocycles. The molecule has 5 heteroatoms. The Hall–Kier alpha value is -2.14. The average Bonchev–Trinajstić information content (AvgIpc) is 2.81. The number of nitrogen functional groups attached to an aromatic ring is 1. The van der Waals surface area contributed by atoms with E-state index in [4.69, 9.17) is 10.3 Å². The first-order chi connectivity index (χ1) is 9.66. The van der Waals surface area contributed by atoms with Crippen LogP contribution in [-0.4, -0.2) is 5.16 Å². The fourth-order valence-electron chi connectivity index (χ4n) is 2.05. The normalized spacial score (nSPS) is 10.7. The van der Waals surface area contributed by atoms with E-state index in [0.717, 1.165) is 10.0 Å². The van der Waals surface area contributed by atoms with Gasteiger partial charge in [0, 0.05) is 4.47 Å². The van der Waals surface area contributed by atoms with E-state index in [1.54, 1.807) is 18.2 Å². The van der Waals surface area contributed by atoms with Gasteiger partial charge in [-0.05, 0) is 29.8 Å². The first kappa shape index (κ1) is 12.9. The van der Waals surface area contributed by atoms with Crippen LogP contribution in [0.15, 0.2) is 57.5 Å². The van der Waals surface area contributed by atoms with Crippen molar-refractivity contribution in [3.8, 4) is 22.5 Å². The first-order valence-electron chi connectivity index (χ1n) is 5.93. The maximum absolute atomic E-state index is 13.9. The highest BCUT2D eigenvalue weighted by molar-refractivity contribution is 9.10. The summed E-state index contributed by atoms with van der Waals surface area (Å²) in [6.07, 6.45) is 0. The lowest BCUT2D eigenvalue weighted by Gasteiger charge is -2.04. The Morgan fingerprint density at radius 1 is 1.10 bits per heavy atom. The molecule has 0 spiro atoms. The topological polar surface area (TPSA) is 52.0 Å². The predicted molar refractivity (Wildman–Crippen MR) is 79.4 cm³/mol. The lowest BCUT2D eigenvalue weighted by atomic mass is 10.0. The number of anilines is 1. The molecule has 0 aliphatic heterocycles. The summed E-state index contributed by atoms with van der Waals surface area (Å²) in [5.41, 5.74) is 7.62. The van der Waals surface area contributed by atoms with Crippen LogP contribution in [0.25, 0.3) is 22.5 Å². The minimum Gasteiger partial charge on any atom is -0.380 e. The van der Waals surface area contributed by atoms with Crippen molar-refractivity contribution in [2.75, 3.05) is 5.73 Å². The van der Waals surface area contributed by atoms with Gasteiger partial charge in [0.15, 0.2) is 11.6 Å². The fourth-order valence-corrected chi connectivity index (χ4v) is 2.45. The van der Waals surface area contributed by atoms with Gasteiger partial charge in [-0.25, -0.2) is 4.39 Å². The Labute approximate surface area is 123 Å². The summed E-state index contributed by atoms with van der Waals surface area (Å²) >= 11 is 3.40. The van der Waals surface area contributed by atoms with Crippen molar-refractivity contribution in [2.45, 2.75) is 0 Å². The molecule has 3 aromatic rings. The molecule has 0 aliphatic rings. The van der Waals surface area contributed by atoms with Crippen LogP contribution >= 0.6 is 15.9 Å². The molecule has 3 rings (SSSR count). The predicted octanol–water partition coefficient (Wildman–Crippen LogP) is 4.49. The van der Waals surface area contributed by atoms with Crippen LogP contribution < -0.4 is 5.73 Å². The van der Waals surface area contributed by atoms with E-state index in [2.05, 4.69) is 21.1 Å². The van der Waals surface area contributed by atoms with Crippen molar-refractivity contribution in [3.05, 3.63) is 58.8 Å². The van der Waals surface area contributed by atoms with E-state index in [0.29, 0.717) is 16.9 Å². The summed E-state index contributed by atoms with van der Waals surface area (Å²) < 4.78 is 20.0. The van der Waals surface area contributed by atoms with Crippen molar-refractivity contribution in [1.82, 2.24) is 5.16 Å². The van der Waals surface area contributed by atoms with Gasteiger partial charge in [0.2, 0.25) is 0 Å². The average molecular weight is 333 g/mol. The van der Waals surface area contributed by atoms with Gasteiger partial charge >= 0.3 is 0 Å². The summed E-state index contributed by atoms with van der Waals surface area (Å²) in [6, 6.07) is 13.9. The molecule has 0 radical (unpaired) electrons. The van der Waals surface area contributed by atoms with Crippen molar-refractivity contribution in [1.29, 1.82) is 0 Å². The molecule has 0 aliphatic carbocycles. The summed E-state index contributed by atoms with van der Waals surface area (Å²) in [7, 11) is 0. The van der Waals surface area contributed by atoms with Crippen LogP contribution in [0.1, 0.15) is 0 Å². The third-order valence-corrected chi connectivity index (χ3v) is 3.44. The number of hydrogen-bond donors (Lipinski definition) is 1. The zero-order chi connectivity index (χ0) is 14.1. The van der Waals surface area contributed by atoms with E-state index < -0.39 is 0 Å². The van der Waals surface area contributed by atoms with E-state index in [1.165, 1.54) is 6.07 Å². The third-order valence-electron chi connectivity index (χ3n) is 2.95. The molecule has 0 unspecified atom stereocenters. The molecule has 1 heterocycles. The first-order valence-corrected chi connectivity index (χ1v) is 6.72. The van der Waals surface area contributed by atoms with Gasteiger partial charge in [0.1, 0.15) is 5.82 Å². The van der Waals surface area contributed by atoms with Gasteiger partial charge < -0.3 is 10.3 Å². The van der Waals surface area contributed by atoms with Crippen molar-refractivity contribution in [3.63, 3.8) is 0 Å². The standard InChI is InChI=1S/C15H10BrFN2O/c16-10-5-3-4-9(8-10)13-14(20-19-15(13)18)11-6-1-2-7-12(11)17/h1-8H,(H2,18,19). The van der Waals surface area contributed by atoms with Crippen LogP contribution in [0, 0.1) is 5.82 Å². The molecule has 100 valence electrons.